The van der Waals surface area contributed by atoms with Crippen LogP contribution in [0.5, 0.6) is 11.5 Å². The van der Waals surface area contributed by atoms with Gasteiger partial charge in [-0.1, -0.05) is 6.92 Å². The van der Waals surface area contributed by atoms with Crippen molar-refractivity contribution in [2.75, 3.05) is 32.0 Å². The zero-order chi connectivity index (χ0) is 20.2. The first kappa shape index (κ1) is 22.1. The summed E-state index contributed by atoms with van der Waals surface area (Å²) in [5.41, 5.74) is 0.618. The zero-order valence-corrected chi connectivity index (χ0v) is 16.3. The van der Waals surface area contributed by atoms with E-state index in [4.69, 9.17) is 21.1 Å². The molecule has 0 unspecified atom stereocenters. The van der Waals surface area contributed by atoms with Gasteiger partial charge in [0, 0.05) is 24.2 Å². The van der Waals surface area contributed by atoms with E-state index in [9.17, 15) is 14.9 Å². The molecule has 0 aliphatic carbocycles. The molecule has 3 N–H and O–H groups in total. The summed E-state index contributed by atoms with van der Waals surface area (Å²) in [6, 6.07) is 5.88. The summed E-state index contributed by atoms with van der Waals surface area (Å²) >= 11 is 5.62. The van der Waals surface area contributed by atoms with E-state index in [1.807, 2.05) is 6.07 Å². The Bertz CT molecular complexity index is 743. The van der Waals surface area contributed by atoms with Crippen molar-refractivity contribution in [3.63, 3.8) is 0 Å². The third-order valence-electron chi connectivity index (χ3n) is 3.52. The van der Waals surface area contributed by atoms with Crippen LogP contribution in [0.3, 0.4) is 0 Å². The Balaban J connectivity index is 2.88. The molecule has 0 saturated carbocycles. The Morgan fingerprint density at radius 3 is 2.56 bits per heavy atom. The van der Waals surface area contributed by atoms with Crippen molar-refractivity contribution in [3.8, 4) is 17.6 Å². The number of ether oxygens (including phenoxy) is 2. The van der Waals surface area contributed by atoms with Crippen molar-refractivity contribution in [2.45, 2.75) is 19.8 Å². The molecule has 0 spiro atoms. The number of alkyl halides is 1. The fourth-order valence-corrected chi connectivity index (χ4v) is 2.32. The molecule has 3 amide bonds. The molecule has 27 heavy (non-hydrogen) atoms. The van der Waals surface area contributed by atoms with E-state index in [1.165, 1.54) is 14.2 Å². The molecule has 0 radical (unpaired) electrons. The van der Waals surface area contributed by atoms with E-state index in [2.05, 4.69) is 16.0 Å². The maximum absolute atomic E-state index is 12.3. The lowest BCUT2D eigenvalue weighted by Gasteiger charge is -2.13. The molecule has 0 heterocycles. The molecule has 0 atom stereocenters. The fraction of sp³-hybridized carbons (Fsp3) is 0.389. The quantitative estimate of drug-likeness (QED) is 0.257. The first-order valence-electron chi connectivity index (χ1n) is 8.28. The van der Waals surface area contributed by atoms with Crippen LogP contribution in [0.25, 0.3) is 0 Å². The predicted octanol–water partition coefficient (Wildman–Crippen LogP) is 2.76. The number of imide groups is 1. The van der Waals surface area contributed by atoms with Gasteiger partial charge < -0.3 is 20.1 Å². The second-order valence-corrected chi connectivity index (χ2v) is 5.64. The van der Waals surface area contributed by atoms with Crippen LogP contribution >= 0.6 is 11.6 Å². The number of methoxy groups -OCH3 is 2. The Morgan fingerprint density at radius 2 is 2.00 bits per heavy atom. The molecule has 8 nitrogen and oxygen atoms in total. The lowest BCUT2D eigenvalue weighted by atomic mass is 10.1. The summed E-state index contributed by atoms with van der Waals surface area (Å²) < 4.78 is 10.3. The topological polar surface area (TPSA) is 112 Å². The number of urea groups is 1. The zero-order valence-electron chi connectivity index (χ0n) is 15.5. The number of rotatable bonds is 9. The number of carbonyl (C=O) groups is 2. The molecular weight excluding hydrogens is 372 g/mol. The van der Waals surface area contributed by atoms with Crippen molar-refractivity contribution in [2.24, 2.45) is 0 Å². The molecule has 0 aliphatic heterocycles. The molecule has 1 aromatic rings. The predicted molar refractivity (Wildman–Crippen MR) is 103 cm³/mol. The molecule has 146 valence electrons. The maximum Gasteiger partial charge on any atom is 0.326 e. The molecule has 0 aliphatic rings. The van der Waals surface area contributed by atoms with Gasteiger partial charge in [-0.3, -0.25) is 10.1 Å². The van der Waals surface area contributed by atoms with Gasteiger partial charge in [-0.25, -0.2) is 4.79 Å². The first-order valence-corrected chi connectivity index (χ1v) is 8.81. The lowest BCUT2D eigenvalue weighted by molar-refractivity contribution is -0.116. The minimum atomic E-state index is -0.799. The van der Waals surface area contributed by atoms with Crippen LogP contribution in [0, 0.1) is 11.3 Å². The van der Waals surface area contributed by atoms with E-state index < -0.39 is 11.9 Å². The second-order valence-electron chi connectivity index (χ2n) is 5.26. The van der Waals surface area contributed by atoms with Gasteiger partial charge in [0.15, 0.2) is 0 Å². The number of halogens is 1. The van der Waals surface area contributed by atoms with Gasteiger partial charge in [-0.2, -0.15) is 5.26 Å². The second kappa shape index (κ2) is 11.6. The standard InChI is InChI=1S/C18H23ClN4O4/c1-4-14(21-9-5-8-19)13(11-20)17(24)23-18(25)22-15-10-12(26-2)6-7-16(15)27-3/h6-7,10,21H,4-5,8-9H2,1-3H3,(H2,22,23,24,25)/b14-13+. The largest absolute Gasteiger partial charge is 0.497 e. The Kier molecular flexibility index (Phi) is 9.54. The average molecular weight is 395 g/mol. The molecule has 0 bridgehead atoms. The summed E-state index contributed by atoms with van der Waals surface area (Å²) in [6.45, 7) is 2.33. The molecular formula is C18H23ClN4O4. The summed E-state index contributed by atoms with van der Waals surface area (Å²) in [4.78, 5) is 24.5. The van der Waals surface area contributed by atoms with Crippen molar-refractivity contribution < 1.29 is 19.1 Å². The van der Waals surface area contributed by atoms with E-state index in [0.29, 0.717) is 48.1 Å². The van der Waals surface area contributed by atoms with Crippen LogP contribution in [-0.4, -0.2) is 38.6 Å². The molecule has 1 rings (SSSR count). The third-order valence-corrected chi connectivity index (χ3v) is 3.79. The summed E-state index contributed by atoms with van der Waals surface area (Å²) in [7, 11) is 2.94. The average Bonchev–Trinajstić information content (AvgIpc) is 2.67. The minimum absolute atomic E-state index is 0.153. The minimum Gasteiger partial charge on any atom is -0.497 e. The van der Waals surface area contributed by atoms with Crippen molar-refractivity contribution in [1.29, 1.82) is 5.26 Å². The number of nitrogens with one attached hydrogen (secondary N) is 3. The van der Waals surface area contributed by atoms with Crippen molar-refractivity contribution >= 4 is 29.2 Å². The lowest BCUT2D eigenvalue weighted by Crippen LogP contribution is -2.36. The highest BCUT2D eigenvalue weighted by molar-refractivity contribution is 6.17. The molecule has 1 aromatic carbocycles. The van der Waals surface area contributed by atoms with E-state index >= 15 is 0 Å². The van der Waals surface area contributed by atoms with Gasteiger partial charge >= 0.3 is 6.03 Å². The summed E-state index contributed by atoms with van der Waals surface area (Å²) in [5, 5.41) is 17.0. The Morgan fingerprint density at radius 1 is 1.26 bits per heavy atom. The van der Waals surface area contributed by atoms with Gasteiger partial charge in [0.2, 0.25) is 0 Å². The highest BCUT2D eigenvalue weighted by Crippen LogP contribution is 2.28. The van der Waals surface area contributed by atoms with Crippen LogP contribution in [0.4, 0.5) is 10.5 Å². The number of nitriles is 1. The van der Waals surface area contributed by atoms with E-state index in [-0.39, 0.29) is 5.57 Å². The first-order chi connectivity index (χ1) is 13.0. The van der Waals surface area contributed by atoms with Crippen LogP contribution in [0.2, 0.25) is 0 Å². The fourth-order valence-electron chi connectivity index (χ4n) is 2.18. The number of amides is 3. The number of benzene rings is 1. The van der Waals surface area contributed by atoms with Crippen molar-refractivity contribution in [1.82, 2.24) is 10.6 Å². The SMILES string of the molecule is CC/C(NCCCCl)=C(/C#N)C(=O)NC(=O)Nc1cc(OC)ccc1OC. The smallest absolute Gasteiger partial charge is 0.326 e. The van der Waals surface area contributed by atoms with E-state index in [1.54, 1.807) is 25.1 Å². The normalized spacial score (nSPS) is 10.9. The third kappa shape index (κ3) is 6.72. The molecule has 9 heteroatoms. The van der Waals surface area contributed by atoms with Gasteiger partial charge in [-0.15, -0.1) is 11.6 Å². The summed E-state index contributed by atoms with van der Waals surface area (Å²) in [5.74, 6) is 0.563. The van der Waals surface area contributed by atoms with Crippen LogP contribution in [-0.2, 0) is 4.79 Å². The number of hydrogen-bond acceptors (Lipinski definition) is 6. The number of allylic oxidation sites excluding steroid dienone is 1. The highest BCUT2D eigenvalue weighted by Gasteiger charge is 2.18. The van der Waals surface area contributed by atoms with Gasteiger partial charge in [-0.05, 0) is 25.0 Å². The number of nitrogens with zero attached hydrogens (tertiary/aromatic N) is 1. The van der Waals surface area contributed by atoms with Crippen molar-refractivity contribution in [3.05, 3.63) is 29.5 Å². The van der Waals surface area contributed by atoms with E-state index in [0.717, 1.165) is 0 Å². The van der Waals surface area contributed by atoms with Crippen LogP contribution < -0.4 is 25.4 Å². The Labute approximate surface area is 163 Å². The Hall–Kier alpha value is -2.92. The van der Waals surface area contributed by atoms with Crippen LogP contribution in [0.1, 0.15) is 19.8 Å². The number of carbonyl (C=O) groups excluding carboxylic acids is 2. The van der Waals surface area contributed by atoms with Gasteiger partial charge in [0.1, 0.15) is 23.1 Å². The highest BCUT2D eigenvalue weighted by atomic mass is 35.5. The monoisotopic (exact) mass is 394 g/mol. The van der Waals surface area contributed by atoms with Gasteiger partial charge in [0.05, 0.1) is 19.9 Å². The molecule has 0 saturated heterocycles. The number of anilines is 1. The van der Waals surface area contributed by atoms with Crippen LogP contribution in [0.15, 0.2) is 29.5 Å². The summed E-state index contributed by atoms with van der Waals surface area (Å²) in [6.07, 6.45) is 1.12. The number of hydrogen-bond donors (Lipinski definition) is 3. The maximum atomic E-state index is 12.3. The molecule has 0 aromatic heterocycles. The molecule has 0 fully saturated rings. The van der Waals surface area contributed by atoms with Gasteiger partial charge in [0.25, 0.3) is 5.91 Å².